The van der Waals surface area contributed by atoms with E-state index in [0.717, 1.165) is 23.1 Å². The van der Waals surface area contributed by atoms with Crippen LogP contribution in [0.15, 0.2) is 41.5 Å². The van der Waals surface area contributed by atoms with E-state index in [2.05, 4.69) is 36.5 Å². The summed E-state index contributed by atoms with van der Waals surface area (Å²) in [6.07, 6.45) is 5.12. The van der Waals surface area contributed by atoms with Gasteiger partial charge in [0.05, 0.1) is 6.21 Å². The van der Waals surface area contributed by atoms with Crippen molar-refractivity contribution >= 4 is 12.1 Å². The Morgan fingerprint density at radius 3 is 2.38 bits per heavy atom. The number of hydrogen-bond acceptors (Lipinski definition) is 3. The minimum absolute atomic E-state index is 0.0580. The number of aryl methyl sites for hydroxylation is 4. The number of ether oxygens (including phenoxy) is 1. The minimum atomic E-state index is -0.279. The van der Waals surface area contributed by atoms with Crippen molar-refractivity contribution in [3.05, 3.63) is 64.2 Å². The van der Waals surface area contributed by atoms with Crippen LogP contribution in [0, 0.1) is 20.8 Å². The molecule has 0 saturated carbocycles. The highest BCUT2D eigenvalue weighted by atomic mass is 16.5. The zero-order chi connectivity index (χ0) is 18.9. The van der Waals surface area contributed by atoms with E-state index >= 15 is 0 Å². The molecule has 0 aromatic heterocycles. The largest absolute Gasteiger partial charge is 0.484 e. The lowest BCUT2D eigenvalue weighted by molar-refractivity contribution is -0.123. The molecule has 26 heavy (non-hydrogen) atoms. The van der Waals surface area contributed by atoms with Crippen LogP contribution in [-0.2, 0) is 11.2 Å². The third kappa shape index (κ3) is 6.03. The molecule has 2 aromatic carbocycles. The minimum Gasteiger partial charge on any atom is -0.484 e. The quantitative estimate of drug-likeness (QED) is 0.562. The van der Waals surface area contributed by atoms with Gasteiger partial charge in [0.2, 0.25) is 0 Å². The van der Waals surface area contributed by atoms with Crippen molar-refractivity contribution in [1.82, 2.24) is 5.43 Å². The molecule has 1 N–H and O–H groups in total. The molecule has 0 aliphatic heterocycles. The van der Waals surface area contributed by atoms with Crippen LogP contribution in [0.25, 0.3) is 0 Å². The van der Waals surface area contributed by atoms with Crippen molar-refractivity contribution < 1.29 is 9.53 Å². The Morgan fingerprint density at radius 2 is 1.77 bits per heavy atom. The first-order valence-corrected chi connectivity index (χ1v) is 9.11. The number of nitrogens with zero attached hydrogens (tertiary/aromatic N) is 1. The first kappa shape index (κ1) is 19.7. The standard InChI is InChI=1S/C22H28N2O2/c1-5-6-7-19-8-10-20(11-9-19)26-15-22(25)24-23-14-21-17(3)12-16(2)13-18(21)4/h8-14H,5-7,15H2,1-4H3,(H,24,25)/b23-14+. The molecule has 2 rings (SSSR count). The summed E-state index contributed by atoms with van der Waals surface area (Å²) in [5.41, 5.74) is 8.33. The van der Waals surface area contributed by atoms with Gasteiger partial charge in [-0.3, -0.25) is 4.79 Å². The molecule has 2 aromatic rings. The van der Waals surface area contributed by atoms with E-state index < -0.39 is 0 Å². The summed E-state index contributed by atoms with van der Waals surface area (Å²) in [7, 11) is 0. The van der Waals surface area contributed by atoms with Crippen molar-refractivity contribution in [2.24, 2.45) is 5.10 Å². The first-order chi connectivity index (χ1) is 12.5. The fourth-order valence-electron chi connectivity index (χ4n) is 2.88. The number of rotatable bonds is 8. The van der Waals surface area contributed by atoms with Crippen molar-refractivity contribution in [1.29, 1.82) is 0 Å². The Hall–Kier alpha value is -2.62. The molecule has 0 radical (unpaired) electrons. The highest BCUT2D eigenvalue weighted by Gasteiger charge is 2.04. The van der Waals surface area contributed by atoms with Gasteiger partial charge in [0.15, 0.2) is 6.61 Å². The van der Waals surface area contributed by atoms with Crippen LogP contribution in [0.5, 0.6) is 5.75 Å². The smallest absolute Gasteiger partial charge is 0.277 e. The lowest BCUT2D eigenvalue weighted by Crippen LogP contribution is -2.24. The van der Waals surface area contributed by atoms with Crippen LogP contribution in [0.3, 0.4) is 0 Å². The van der Waals surface area contributed by atoms with Crippen LogP contribution in [0.1, 0.15) is 47.6 Å². The predicted molar refractivity (Wildman–Crippen MR) is 107 cm³/mol. The number of unbranched alkanes of at least 4 members (excludes halogenated alkanes) is 1. The monoisotopic (exact) mass is 352 g/mol. The molecule has 0 saturated heterocycles. The van der Waals surface area contributed by atoms with E-state index in [1.807, 2.05) is 38.1 Å². The SMILES string of the molecule is CCCCc1ccc(OCC(=O)N/N=C/c2c(C)cc(C)cc2C)cc1. The van der Waals surface area contributed by atoms with E-state index in [9.17, 15) is 4.79 Å². The molecule has 4 heteroatoms. The topological polar surface area (TPSA) is 50.7 Å². The van der Waals surface area contributed by atoms with E-state index in [4.69, 9.17) is 4.74 Å². The number of amides is 1. The average Bonchev–Trinajstić information content (AvgIpc) is 2.61. The molecular formula is C22H28N2O2. The molecule has 4 nitrogen and oxygen atoms in total. The Morgan fingerprint density at radius 1 is 1.12 bits per heavy atom. The predicted octanol–water partition coefficient (Wildman–Crippen LogP) is 4.48. The van der Waals surface area contributed by atoms with Gasteiger partial charge < -0.3 is 4.74 Å². The second-order valence-electron chi connectivity index (χ2n) is 6.64. The van der Waals surface area contributed by atoms with Crippen LogP contribution in [0.2, 0.25) is 0 Å². The van der Waals surface area contributed by atoms with Crippen LogP contribution in [-0.4, -0.2) is 18.7 Å². The third-order valence-corrected chi connectivity index (χ3v) is 4.23. The molecule has 0 aliphatic rings. The number of hydrazone groups is 1. The van der Waals surface area contributed by atoms with Gasteiger partial charge in [-0.25, -0.2) is 5.43 Å². The first-order valence-electron chi connectivity index (χ1n) is 9.11. The van der Waals surface area contributed by atoms with Gasteiger partial charge in [-0.15, -0.1) is 0 Å². The zero-order valence-electron chi connectivity index (χ0n) is 16.1. The second kappa shape index (κ2) is 9.76. The van der Waals surface area contributed by atoms with Crippen LogP contribution < -0.4 is 10.2 Å². The maximum Gasteiger partial charge on any atom is 0.277 e. The summed E-state index contributed by atoms with van der Waals surface area (Å²) in [6, 6.07) is 12.1. The summed E-state index contributed by atoms with van der Waals surface area (Å²) in [6.45, 7) is 8.26. The van der Waals surface area contributed by atoms with Gasteiger partial charge in [0.1, 0.15) is 5.75 Å². The molecule has 0 bridgehead atoms. The molecule has 0 unspecified atom stereocenters. The third-order valence-electron chi connectivity index (χ3n) is 4.23. The maximum absolute atomic E-state index is 11.9. The Labute approximate surface area is 156 Å². The second-order valence-corrected chi connectivity index (χ2v) is 6.64. The van der Waals surface area contributed by atoms with E-state index in [1.165, 1.54) is 24.0 Å². The molecule has 0 atom stereocenters. The van der Waals surface area contributed by atoms with Crippen molar-refractivity contribution in [2.45, 2.75) is 47.0 Å². The van der Waals surface area contributed by atoms with Crippen molar-refractivity contribution in [2.75, 3.05) is 6.61 Å². The number of hydrogen-bond donors (Lipinski definition) is 1. The lowest BCUT2D eigenvalue weighted by atomic mass is 10.0. The number of benzene rings is 2. The molecule has 138 valence electrons. The molecule has 1 amide bonds. The molecule has 0 aliphatic carbocycles. The Balaban J connectivity index is 1.82. The van der Waals surface area contributed by atoms with E-state index in [0.29, 0.717) is 5.75 Å². The number of carbonyl (C=O) groups excluding carboxylic acids is 1. The summed E-state index contributed by atoms with van der Waals surface area (Å²) in [5.74, 6) is 0.410. The maximum atomic E-state index is 11.9. The van der Waals surface area contributed by atoms with Crippen molar-refractivity contribution in [3.8, 4) is 5.75 Å². The summed E-state index contributed by atoms with van der Waals surface area (Å²) >= 11 is 0. The summed E-state index contributed by atoms with van der Waals surface area (Å²) < 4.78 is 5.51. The van der Waals surface area contributed by atoms with Gasteiger partial charge in [0.25, 0.3) is 5.91 Å². The van der Waals surface area contributed by atoms with Gasteiger partial charge >= 0.3 is 0 Å². The summed E-state index contributed by atoms with van der Waals surface area (Å²) in [4.78, 5) is 11.9. The van der Waals surface area contributed by atoms with Crippen LogP contribution >= 0.6 is 0 Å². The van der Waals surface area contributed by atoms with E-state index in [1.54, 1.807) is 6.21 Å². The fourth-order valence-corrected chi connectivity index (χ4v) is 2.88. The molecular weight excluding hydrogens is 324 g/mol. The van der Waals surface area contributed by atoms with Gasteiger partial charge in [-0.2, -0.15) is 5.10 Å². The molecule has 0 heterocycles. The molecule has 0 spiro atoms. The van der Waals surface area contributed by atoms with E-state index in [-0.39, 0.29) is 12.5 Å². The highest BCUT2D eigenvalue weighted by Crippen LogP contribution is 2.15. The number of carbonyl (C=O) groups is 1. The normalized spacial score (nSPS) is 10.9. The average molecular weight is 352 g/mol. The Kier molecular flexibility index (Phi) is 7.39. The van der Waals surface area contributed by atoms with Crippen molar-refractivity contribution in [3.63, 3.8) is 0 Å². The fraction of sp³-hybridized carbons (Fsp3) is 0.364. The van der Waals surface area contributed by atoms with Gasteiger partial charge in [0, 0.05) is 5.56 Å². The summed E-state index contributed by atoms with van der Waals surface area (Å²) in [5, 5.41) is 4.05. The number of nitrogens with one attached hydrogen (secondary N) is 1. The highest BCUT2D eigenvalue weighted by molar-refractivity contribution is 5.85. The Bertz CT molecular complexity index is 741. The van der Waals surface area contributed by atoms with Gasteiger partial charge in [-0.05, 0) is 62.4 Å². The van der Waals surface area contributed by atoms with Crippen LogP contribution in [0.4, 0.5) is 0 Å². The van der Waals surface area contributed by atoms with Gasteiger partial charge in [-0.1, -0.05) is 43.2 Å². The zero-order valence-corrected chi connectivity index (χ0v) is 16.1. The lowest BCUT2D eigenvalue weighted by Gasteiger charge is -2.07. The molecule has 0 fully saturated rings.